The SMILES string of the molecule is CCN(C)CCc1cc(C)c(Oc2nc(-c3cccs3)ns2)cc1C. The van der Waals surface area contributed by atoms with Gasteiger partial charge in [-0.1, -0.05) is 19.1 Å². The number of ether oxygens (including phenoxy) is 1. The summed E-state index contributed by atoms with van der Waals surface area (Å²) in [5.74, 6) is 1.60. The van der Waals surface area contributed by atoms with E-state index in [1.54, 1.807) is 11.3 Å². The molecule has 0 bridgehead atoms. The van der Waals surface area contributed by atoms with Gasteiger partial charge in [-0.05, 0) is 68.1 Å². The molecule has 0 amide bonds. The molecule has 3 rings (SSSR count). The Hall–Kier alpha value is -1.76. The van der Waals surface area contributed by atoms with Crippen LogP contribution < -0.4 is 4.74 Å². The van der Waals surface area contributed by atoms with Crippen LogP contribution in [-0.4, -0.2) is 34.4 Å². The quantitative estimate of drug-likeness (QED) is 0.573. The van der Waals surface area contributed by atoms with E-state index in [0.717, 1.165) is 41.5 Å². The molecule has 0 fully saturated rings. The van der Waals surface area contributed by atoms with Crippen LogP contribution in [0.5, 0.6) is 10.9 Å². The summed E-state index contributed by atoms with van der Waals surface area (Å²) in [5, 5.41) is 2.61. The van der Waals surface area contributed by atoms with Crippen LogP contribution in [0.15, 0.2) is 29.6 Å². The molecule has 0 saturated carbocycles. The van der Waals surface area contributed by atoms with Gasteiger partial charge >= 0.3 is 0 Å². The molecule has 0 unspecified atom stereocenters. The minimum Gasteiger partial charge on any atom is -0.430 e. The summed E-state index contributed by atoms with van der Waals surface area (Å²) in [5.41, 5.74) is 3.77. The standard InChI is InChI=1S/C19H23N3OS2/c1-5-22(4)9-8-15-11-14(3)16(12-13(15)2)23-19-20-18(21-25-19)17-7-6-10-24-17/h6-7,10-12H,5,8-9H2,1-4H3. The van der Waals surface area contributed by atoms with E-state index in [0.29, 0.717) is 5.19 Å². The van der Waals surface area contributed by atoms with Crippen molar-refractivity contribution in [2.75, 3.05) is 20.1 Å². The molecule has 0 radical (unpaired) electrons. The lowest BCUT2D eigenvalue weighted by Gasteiger charge is -2.16. The first-order valence-electron chi connectivity index (χ1n) is 8.41. The van der Waals surface area contributed by atoms with E-state index in [1.165, 1.54) is 22.7 Å². The van der Waals surface area contributed by atoms with Crippen molar-refractivity contribution in [3.63, 3.8) is 0 Å². The van der Waals surface area contributed by atoms with Crippen LogP contribution in [0.2, 0.25) is 0 Å². The second-order valence-electron chi connectivity index (χ2n) is 6.15. The summed E-state index contributed by atoms with van der Waals surface area (Å²) < 4.78 is 10.4. The second kappa shape index (κ2) is 8.08. The van der Waals surface area contributed by atoms with Crippen molar-refractivity contribution in [2.24, 2.45) is 0 Å². The highest BCUT2D eigenvalue weighted by atomic mass is 32.1. The number of aryl methyl sites for hydroxylation is 2. The Balaban J connectivity index is 1.73. The molecule has 0 N–H and O–H groups in total. The molecule has 132 valence electrons. The maximum absolute atomic E-state index is 6.01. The minimum absolute atomic E-state index is 0.587. The first kappa shape index (κ1) is 18.0. The highest BCUT2D eigenvalue weighted by Gasteiger charge is 2.12. The van der Waals surface area contributed by atoms with Crippen LogP contribution >= 0.6 is 22.9 Å². The van der Waals surface area contributed by atoms with Crippen molar-refractivity contribution < 1.29 is 4.74 Å². The Bertz CT molecular complexity index is 827. The molecule has 0 aliphatic heterocycles. The van der Waals surface area contributed by atoms with Gasteiger partial charge in [-0.25, -0.2) is 0 Å². The fourth-order valence-electron chi connectivity index (χ4n) is 2.55. The number of nitrogens with zero attached hydrogens (tertiary/aromatic N) is 3. The van der Waals surface area contributed by atoms with Gasteiger partial charge in [0.25, 0.3) is 5.19 Å². The third-order valence-corrected chi connectivity index (χ3v) is 5.74. The molecule has 2 heterocycles. The molecule has 25 heavy (non-hydrogen) atoms. The first-order valence-corrected chi connectivity index (χ1v) is 10.1. The largest absolute Gasteiger partial charge is 0.430 e. The smallest absolute Gasteiger partial charge is 0.299 e. The third kappa shape index (κ3) is 4.45. The molecule has 0 aliphatic rings. The average Bonchev–Trinajstić information content (AvgIpc) is 3.27. The van der Waals surface area contributed by atoms with E-state index < -0.39 is 0 Å². The van der Waals surface area contributed by atoms with E-state index in [-0.39, 0.29) is 0 Å². The molecule has 0 spiro atoms. The number of likely N-dealkylation sites (N-methyl/N-ethyl adjacent to an activating group) is 1. The second-order valence-corrected chi connectivity index (χ2v) is 7.82. The summed E-state index contributed by atoms with van der Waals surface area (Å²) in [4.78, 5) is 7.89. The lowest BCUT2D eigenvalue weighted by Crippen LogP contribution is -2.20. The molecule has 6 heteroatoms. The van der Waals surface area contributed by atoms with Crippen molar-refractivity contribution in [1.29, 1.82) is 0 Å². The van der Waals surface area contributed by atoms with Gasteiger partial charge < -0.3 is 9.64 Å². The molecule has 3 aromatic rings. The molecule has 0 atom stereocenters. The molecule has 4 nitrogen and oxygen atoms in total. The maximum atomic E-state index is 6.01. The van der Waals surface area contributed by atoms with E-state index in [9.17, 15) is 0 Å². The van der Waals surface area contributed by atoms with Crippen LogP contribution in [-0.2, 0) is 6.42 Å². The number of rotatable bonds is 7. The maximum Gasteiger partial charge on any atom is 0.299 e. The Morgan fingerprint density at radius 2 is 2.04 bits per heavy atom. The summed E-state index contributed by atoms with van der Waals surface area (Å²) >= 11 is 2.93. The zero-order valence-electron chi connectivity index (χ0n) is 15.1. The van der Waals surface area contributed by atoms with E-state index in [1.807, 2.05) is 17.5 Å². The van der Waals surface area contributed by atoms with E-state index in [2.05, 4.69) is 54.2 Å². The van der Waals surface area contributed by atoms with Crippen LogP contribution in [0.25, 0.3) is 10.7 Å². The van der Waals surface area contributed by atoms with Gasteiger partial charge in [-0.2, -0.15) is 9.36 Å². The lowest BCUT2D eigenvalue weighted by molar-refractivity contribution is 0.357. The topological polar surface area (TPSA) is 38.2 Å². The highest BCUT2D eigenvalue weighted by Crippen LogP contribution is 2.32. The van der Waals surface area contributed by atoms with Crippen molar-refractivity contribution in [3.05, 3.63) is 46.3 Å². The van der Waals surface area contributed by atoms with Crippen LogP contribution in [0.3, 0.4) is 0 Å². The van der Waals surface area contributed by atoms with Gasteiger partial charge in [0, 0.05) is 18.1 Å². The Morgan fingerprint density at radius 1 is 1.20 bits per heavy atom. The van der Waals surface area contributed by atoms with Gasteiger partial charge in [0.15, 0.2) is 5.82 Å². The highest BCUT2D eigenvalue weighted by molar-refractivity contribution is 7.13. The van der Waals surface area contributed by atoms with E-state index in [4.69, 9.17) is 4.74 Å². The number of thiophene rings is 1. The summed E-state index contributed by atoms with van der Waals surface area (Å²) in [6.07, 6.45) is 1.05. The fraction of sp³-hybridized carbons (Fsp3) is 0.368. The summed E-state index contributed by atoms with van der Waals surface area (Å²) in [7, 11) is 2.15. The van der Waals surface area contributed by atoms with Crippen LogP contribution in [0, 0.1) is 13.8 Å². The van der Waals surface area contributed by atoms with Crippen molar-refractivity contribution in [3.8, 4) is 21.6 Å². The Labute approximate surface area is 157 Å². The Morgan fingerprint density at radius 3 is 2.76 bits per heavy atom. The van der Waals surface area contributed by atoms with Crippen LogP contribution in [0.4, 0.5) is 0 Å². The van der Waals surface area contributed by atoms with Gasteiger partial charge in [0.05, 0.1) is 4.88 Å². The van der Waals surface area contributed by atoms with Crippen molar-refractivity contribution in [2.45, 2.75) is 27.2 Å². The predicted octanol–water partition coefficient (Wildman–Crippen LogP) is 5.17. The lowest BCUT2D eigenvalue weighted by atomic mass is 10.0. The minimum atomic E-state index is 0.587. The van der Waals surface area contributed by atoms with Crippen LogP contribution in [0.1, 0.15) is 23.6 Å². The molecular formula is C19H23N3OS2. The first-order chi connectivity index (χ1) is 12.1. The zero-order valence-corrected chi connectivity index (χ0v) is 16.7. The normalized spacial score (nSPS) is 11.2. The molecular weight excluding hydrogens is 350 g/mol. The molecule has 0 saturated heterocycles. The number of aromatic nitrogens is 2. The van der Waals surface area contributed by atoms with Crippen molar-refractivity contribution in [1.82, 2.24) is 14.3 Å². The number of hydrogen-bond donors (Lipinski definition) is 0. The predicted molar refractivity (Wildman–Crippen MR) is 106 cm³/mol. The summed E-state index contributed by atoms with van der Waals surface area (Å²) in [6.45, 7) is 8.55. The number of hydrogen-bond acceptors (Lipinski definition) is 6. The number of benzene rings is 1. The third-order valence-electron chi connectivity index (χ3n) is 4.28. The molecule has 0 aliphatic carbocycles. The van der Waals surface area contributed by atoms with Gasteiger partial charge in [-0.15, -0.1) is 11.3 Å². The molecule has 1 aromatic carbocycles. The fourth-order valence-corrected chi connectivity index (χ4v) is 3.82. The zero-order chi connectivity index (χ0) is 17.8. The summed E-state index contributed by atoms with van der Waals surface area (Å²) in [6, 6.07) is 8.37. The molecule has 2 aromatic heterocycles. The van der Waals surface area contributed by atoms with E-state index >= 15 is 0 Å². The van der Waals surface area contributed by atoms with Gasteiger partial charge in [0.1, 0.15) is 5.75 Å². The average molecular weight is 374 g/mol. The van der Waals surface area contributed by atoms with Gasteiger partial charge in [-0.3, -0.25) is 0 Å². The Kier molecular flexibility index (Phi) is 5.83. The van der Waals surface area contributed by atoms with Gasteiger partial charge in [0.2, 0.25) is 0 Å². The monoisotopic (exact) mass is 373 g/mol. The van der Waals surface area contributed by atoms with Crippen molar-refractivity contribution >= 4 is 22.9 Å².